The van der Waals surface area contributed by atoms with Crippen LogP contribution >= 0.6 is 23.4 Å². The zero-order valence-corrected chi connectivity index (χ0v) is 10.5. The Bertz CT molecular complexity index is 387. The van der Waals surface area contributed by atoms with Gasteiger partial charge in [0.1, 0.15) is 5.15 Å². The van der Waals surface area contributed by atoms with Gasteiger partial charge in [0.05, 0.1) is 0 Å². The predicted octanol–water partition coefficient (Wildman–Crippen LogP) is 3.00. The summed E-state index contributed by atoms with van der Waals surface area (Å²) < 4.78 is 0. The van der Waals surface area contributed by atoms with E-state index in [0.717, 1.165) is 17.7 Å². The van der Waals surface area contributed by atoms with E-state index in [-0.39, 0.29) is 5.12 Å². The van der Waals surface area contributed by atoms with Crippen LogP contribution < -0.4 is 5.73 Å². The molecule has 0 aromatic carbocycles. The number of allylic oxidation sites excluding steroid dienone is 1. The first kappa shape index (κ1) is 13.1. The van der Waals surface area contributed by atoms with Crippen molar-refractivity contribution in [2.24, 2.45) is 0 Å². The van der Waals surface area contributed by atoms with E-state index >= 15 is 0 Å². The molecule has 0 atom stereocenters. The maximum absolute atomic E-state index is 10.7. The number of hydrogen-bond acceptors (Lipinski definition) is 4. The minimum absolute atomic E-state index is 0.132. The number of hydrogen-bond donors (Lipinski definition) is 1. The Morgan fingerprint density at radius 1 is 1.69 bits per heavy atom. The van der Waals surface area contributed by atoms with Crippen LogP contribution in [0, 0.1) is 0 Å². The van der Waals surface area contributed by atoms with Crippen molar-refractivity contribution in [3.63, 3.8) is 0 Å². The number of halogens is 1. The minimum atomic E-state index is 0.132. The molecule has 0 spiro atoms. The second-order valence-electron chi connectivity index (χ2n) is 3.14. The maximum atomic E-state index is 10.7. The second kappa shape index (κ2) is 6.55. The summed E-state index contributed by atoms with van der Waals surface area (Å²) in [4.78, 5) is 14.6. The number of carbonyl (C=O) groups excluding carboxylic acids is 1. The molecular weight excluding hydrogens is 244 g/mol. The number of pyridine rings is 1. The molecule has 1 heterocycles. The van der Waals surface area contributed by atoms with Gasteiger partial charge in [-0.05, 0) is 12.5 Å². The lowest BCUT2D eigenvalue weighted by atomic mass is 10.2. The highest BCUT2D eigenvalue weighted by molar-refractivity contribution is 8.13. The molecule has 0 aliphatic rings. The Morgan fingerprint density at radius 3 is 3.06 bits per heavy atom. The average Bonchev–Trinajstić information content (AvgIpc) is 2.21. The molecule has 1 aromatic heterocycles. The van der Waals surface area contributed by atoms with Gasteiger partial charge in [-0.3, -0.25) is 4.79 Å². The van der Waals surface area contributed by atoms with Crippen molar-refractivity contribution in [3.05, 3.63) is 29.1 Å². The van der Waals surface area contributed by atoms with E-state index in [0.29, 0.717) is 10.8 Å². The van der Waals surface area contributed by atoms with Gasteiger partial charge >= 0.3 is 0 Å². The van der Waals surface area contributed by atoms with E-state index in [1.165, 1.54) is 11.8 Å². The predicted molar refractivity (Wildman–Crippen MR) is 70.4 cm³/mol. The summed E-state index contributed by atoms with van der Waals surface area (Å²) in [5, 5.41) is 0.530. The van der Waals surface area contributed by atoms with Crippen molar-refractivity contribution in [1.82, 2.24) is 4.98 Å². The van der Waals surface area contributed by atoms with E-state index in [1.54, 1.807) is 19.2 Å². The molecule has 0 unspecified atom stereocenters. The van der Waals surface area contributed by atoms with E-state index in [1.807, 2.05) is 12.2 Å². The summed E-state index contributed by atoms with van der Waals surface area (Å²) in [6.07, 6.45) is 6.15. The second-order valence-corrected chi connectivity index (χ2v) is 4.77. The molecule has 1 rings (SSSR count). The number of nitrogens with two attached hydrogens (primary N) is 1. The fourth-order valence-electron chi connectivity index (χ4n) is 1.10. The Labute approximate surface area is 104 Å². The summed E-state index contributed by atoms with van der Waals surface area (Å²) in [6.45, 7) is 1.56. The quantitative estimate of drug-likeness (QED) is 0.665. The van der Waals surface area contributed by atoms with Gasteiger partial charge in [-0.1, -0.05) is 35.5 Å². The van der Waals surface area contributed by atoms with Crippen LogP contribution in [0.3, 0.4) is 0 Å². The van der Waals surface area contributed by atoms with Crippen LogP contribution in [0.15, 0.2) is 18.3 Å². The molecule has 0 saturated carbocycles. The Morgan fingerprint density at radius 2 is 2.44 bits per heavy atom. The summed E-state index contributed by atoms with van der Waals surface area (Å²) in [5.41, 5.74) is 7.09. The van der Waals surface area contributed by atoms with Crippen LogP contribution in [0.4, 0.5) is 5.69 Å². The number of carbonyl (C=O) groups is 1. The van der Waals surface area contributed by atoms with Gasteiger partial charge < -0.3 is 5.73 Å². The number of thioether (sulfide) groups is 1. The third-order valence-electron chi connectivity index (χ3n) is 1.85. The fourth-order valence-corrected chi connectivity index (χ4v) is 1.87. The van der Waals surface area contributed by atoms with E-state index in [4.69, 9.17) is 17.3 Å². The summed E-state index contributed by atoms with van der Waals surface area (Å²) in [7, 11) is 0. The van der Waals surface area contributed by atoms with E-state index in [9.17, 15) is 4.79 Å². The minimum Gasteiger partial charge on any atom is -0.398 e. The standard InChI is InChI=1S/C11H13ClN2OS/c1-8(15)16-7-3-2-4-9-10(13)5-6-14-11(9)12/h2,4-6H,3,7H2,1H3,(H2,13,14). The highest BCUT2D eigenvalue weighted by Gasteiger charge is 2.00. The summed E-state index contributed by atoms with van der Waals surface area (Å²) in [5.74, 6) is 0.767. The van der Waals surface area contributed by atoms with Gasteiger partial charge in [-0.2, -0.15) is 0 Å². The van der Waals surface area contributed by atoms with Crippen molar-refractivity contribution >= 4 is 40.2 Å². The van der Waals surface area contributed by atoms with Crippen LogP contribution in [0.1, 0.15) is 18.9 Å². The van der Waals surface area contributed by atoms with Gasteiger partial charge in [0.2, 0.25) is 0 Å². The van der Waals surface area contributed by atoms with Gasteiger partial charge in [0.15, 0.2) is 5.12 Å². The normalized spacial score (nSPS) is 10.9. The summed E-state index contributed by atoms with van der Waals surface area (Å²) in [6, 6.07) is 1.70. The van der Waals surface area contributed by atoms with Crippen molar-refractivity contribution < 1.29 is 4.79 Å². The number of aromatic nitrogens is 1. The Hall–Kier alpha value is -1.00. The first-order chi connectivity index (χ1) is 7.61. The van der Waals surface area contributed by atoms with Crippen LogP contribution in [0.2, 0.25) is 5.15 Å². The van der Waals surface area contributed by atoms with Crippen molar-refractivity contribution in [2.75, 3.05) is 11.5 Å². The third-order valence-corrected chi connectivity index (χ3v) is 3.00. The molecule has 2 N–H and O–H groups in total. The van der Waals surface area contributed by atoms with E-state index < -0.39 is 0 Å². The largest absolute Gasteiger partial charge is 0.398 e. The topological polar surface area (TPSA) is 56.0 Å². The highest BCUT2D eigenvalue weighted by Crippen LogP contribution is 2.21. The van der Waals surface area contributed by atoms with Crippen LogP contribution in [0.5, 0.6) is 0 Å². The van der Waals surface area contributed by atoms with Gasteiger partial charge in [0, 0.05) is 30.1 Å². The summed E-state index contributed by atoms with van der Waals surface area (Å²) >= 11 is 7.20. The number of anilines is 1. The fraction of sp³-hybridized carbons (Fsp3) is 0.273. The molecule has 0 radical (unpaired) electrons. The first-order valence-electron chi connectivity index (χ1n) is 4.81. The van der Waals surface area contributed by atoms with Crippen LogP contribution in [0.25, 0.3) is 6.08 Å². The SMILES string of the molecule is CC(=O)SCCC=Cc1c(N)ccnc1Cl. The average molecular weight is 257 g/mol. The smallest absolute Gasteiger partial charge is 0.185 e. The van der Waals surface area contributed by atoms with Gasteiger partial charge in [-0.15, -0.1) is 0 Å². The van der Waals surface area contributed by atoms with Crippen LogP contribution in [-0.4, -0.2) is 15.9 Å². The Kier molecular flexibility index (Phi) is 5.35. The monoisotopic (exact) mass is 256 g/mol. The van der Waals surface area contributed by atoms with Crippen LogP contribution in [-0.2, 0) is 4.79 Å². The van der Waals surface area contributed by atoms with E-state index in [2.05, 4.69) is 4.98 Å². The molecule has 0 aliphatic carbocycles. The molecule has 0 aliphatic heterocycles. The van der Waals surface area contributed by atoms with Gasteiger partial charge in [-0.25, -0.2) is 4.98 Å². The lowest BCUT2D eigenvalue weighted by molar-refractivity contribution is -0.109. The van der Waals surface area contributed by atoms with Gasteiger partial charge in [0.25, 0.3) is 0 Å². The first-order valence-corrected chi connectivity index (χ1v) is 6.17. The third kappa shape index (κ3) is 4.24. The number of rotatable bonds is 4. The maximum Gasteiger partial charge on any atom is 0.185 e. The molecule has 0 bridgehead atoms. The lowest BCUT2D eigenvalue weighted by Crippen LogP contribution is -1.91. The lowest BCUT2D eigenvalue weighted by Gasteiger charge is -2.01. The van der Waals surface area contributed by atoms with Crippen molar-refractivity contribution in [2.45, 2.75) is 13.3 Å². The number of nitrogen functional groups attached to an aromatic ring is 1. The molecule has 0 fully saturated rings. The molecule has 5 heteroatoms. The van der Waals surface area contributed by atoms with Crippen molar-refractivity contribution in [1.29, 1.82) is 0 Å². The Balaban J connectivity index is 2.53. The molecule has 1 aromatic rings. The van der Waals surface area contributed by atoms with Crippen molar-refractivity contribution in [3.8, 4) is 0 Å². The molecule has 0 amide bonds. The molecule has 86 valence electrons. The number of nitrogens with zero attached hydrogens (tertiary/aromatic N) is 1. The molecule has 0 saturated heterocycles. The zero-order chi connectivity index (χ0) is 12.0. The molecule has 3 nitrogen and oxygen atoms in total. The molecule has 16 heavy (non-hydrogen) atoms. The highest BCUT2D eigenvalue weighted by atomic mass is 35.5. The molecular formula is C11H13ClN2OS. The zero-order valence-electron chi connectivity index (χ0n) is 8.94.